The van der Waals surface area contributed by atoms with Crippen molar-refractivity contribution in [3.8, 4) is 11.1 Å². The van der Waals surface area contributed by atoms with Crippen LogP contribution in [0.15, 0.2) is 47.4 Å². The molecule has 86 valence electrons. The van der Waals surface area contributed by atoms with Crippen molar-refractivity contribution < 1.29 is 9.90 Å². The molecule has 0 aliphatic carbocycles. The van der Waals surface area contributed by atoms with Crippen LogP contribution in [0.4, 0.5) is 5.69 Å². The van der Waals surface area contributed by atoms with Gasteiger partial charge in [-0.15, -0.1) is 12.6 Å². The number of carbonyl (C=O) groups is 1. The van der Waals surface area contributed by atoms with Crippen molar-refractivity contribution in [1.29, 1.82) is 0 Å². The Bertz CT molecular complexity index is 564. The van der Waals surface area contributed by atoms with Crippen LogP contribution in [0.1, 0.15) is 10.4 Å². The lowest BCUT2D eigenvalue weighted by molar-refractivity contribution is 0.0697. The number of nitrogens with two attached hydrogens (primary N) is 1. The smallest absolute Gasteiger partial charge is 0.335 e. The molecule has 0 spiro atoms. The van der Waals surface area contributed by atoms with E-state index in [-0.39, 0.29) is 5.56 Å². The van der Waals surface area contributed by atoms with Crippen molar-refractivity contribution in [2.45, 2.75) is 4.90 Å². The third-order valence-corrected chi connectivity index (χ3v) is 2.86. The zero-order valence-corrected chi connectivity index (χ0v) is 9.82. The molecule has 0 heterocycles. The minimum absolute atomic E-state index is 0.245. The van der Waals surface area contributed by atoms with Gasteiger partial charge in [0.05, 0.1) is 5.56 Å². The minimum atomic E-state index is -0.949. The van der Waals surface area contributed by atoms with E-state index in [1.54, 1.807) is 24.3 Å². The number of carboxylic acid groups (broad SMARTS) is 1. The van der Waals surface area contributed by atoms with Crippen LogP contribution in [0.2, 0.25) is 0 Å². The van der Waals surface area contributed by atoms with Gasteiger partial charge in [-0.2, -0.15) is 0 Å². The van der Waals surface area contributed by atoms with E-state index < -0.39 is 5.97 Å². The molecule has 2 aromatic carbocycles. The SMILES string of the molecule is Nc1ccc(-c2cc(C(=O)O)ccc2S)cc1. The fourth-order valence-electron chi connectivity index (χ4n) is 1.56. The number of hydrogen-bond donors (Lipinski definition) is 3. The van der Waals surface area contributed by atoms with Crippen LogP contribution < -0.4 is 5.73 Å². The molecular weight excluding hydrogens is 234 g/mol. The highest BCUT2D eigenvalue weighted by atomic mass is 32.1. The molecule has 0 fully saturated rings. The van der Waals surface area contributed by atoms with E-state index in [1.807, 2.05) is 12.1 Å². The predicted molar refractivity (Wildman–Crippen MR) is 70.5 cm³/mol. The Morgan fingerprint density at radius 2 is 1.76 bits per heavy atom. The second-order valence-electron chi connectivity index (χ2n) is 3.66. The maximum Gasteiger partial charge on any atom is 0.335 e. The molecule has 3 N–H and O–H groups in total. The van der Waals surface area contributed by atoms with Crippen molar-refractivity contribution in [3.05, 3.63) is 48.0 Å². The Labute approximate surface area is 104 Å². The molecule has 0 radical (unpaired) electrons. The van der Waals surface area contributed by atoms with Crippen LogP contribution >= 0.6 is 12.6 Å². The van der Waals surface area contributed by atoms with Crippen molar-refractivity contribution in [1.82, 2.24) is 0 Å². The molecule has 0 saturated heterocycles. The second kappa shape index (κ2) is 4.51. The van der Waals surface area contributed by atoms with Gasteiger partial charge in [-0.05, 0) is 41.5 Å². The number of thiol groups is 1. The fourth-order valence-corrected chi connectivity index (χ4v) is 1.83. The molecule has 0 atom stereocenters. The summed E-state index contributed by atoms with van der Waals surface area (Å²) in [6, 6.07) is 12.1. The quantitative estimate of drug-likeness (QED) is 0.563. The number of anilines is 1. The second-order valence-corrected chi connectivity index (χ2v) is 4.14. The number of rotatable bonds is 2. The topological polar surface area (TPSA) is 63.3 Å². The maximum atomic E-state index is 10.9. The van der Waals surface area contributed by atoms with Gasteiger partial charge in [-0.1, -0.05) is 12.1 Å². The normalized spacial score (nSPS) is 10.2. The van der Waals surface area contributed by atoms with Gasteiger partial charge in [-0.3, -0.25) is 0 Å². The lowest BCUT2D eigenvalue weighted by atomic mass is 10.0. The third kappa shape index (κ3) is 2.42. The number of aromatic carboxylic acids is 1. The van der Waals surface area contributed by atoms with E-state index in [4.69, 9.17) is 10.8 Å². The summed E-state index contributed by atoms with van der Waals surface area (Å²) in [6.45, 7) is 0. The molecule has 0 aromatic heterocycles. The van der Waals surface area contributed by atoms with Crippen molar-refractivity contribution in [2.75, 3.05) is 5.73 Å². The maximum absolute atomic E-state index is 10.9. The molecule has 0 aliphatic rings. The average Bonchev–Trinajstić information content (AvgIpc) is 2.31. The molecule has 0 saturated carbocycles. The Hall–Kier alpha value is -1.94. The molecule has 3 nitrogen and oxygen atoms in total. The largest absolute Gasteiger partial charge is 0.478 e. The highest BCUT2D eigenvalue weighted by Crippen LogP contribution is 2.28. The van der Waals surface area contributed by atoms with Crippen LogP contribution in [0.5, 0.6) is 0 Å². The van der Waals surface area contributed by atoms with Gasteiger partial charge < -0.3 is 10.8 Å². The average molecular weight is 245 g/mol. The van der Waals surface area contributed by atoms with E-state index >= 15 is 0 Å². The predicted octanol–water partition coefficient (Wildman–Crippen LogP) is 2.92. The van der Waals surface area contributed by atoms with E-state index in [2.05, 4.69) is 12.6 Å². The number of nitrogen functional groups attached to an aromatic ring is 1. The van der Waals surface area contributed by atoms with Crippen LogP contribution in [0.25, 0.3) is 11.1 Å². The van der Waals surface area contributed by atoms with Gasteiger partial charge in [0.15, 0.2) is 0 Å². The molecule has 4 heteroatoms. The van der Waals surface area contributed by atoms with Crippen molar-refractivity contribution in [2.24, 2.45) is 0 Å². The van der Waals surface area contributed by atoms with Crippen molar-refractivity contribution >= 4 is 24.3 Å². The van der Waals surface area contributed by atoms with Crippen molar-refractivity contribution in [3.63, 3.8) is 0 Å². The summed E-state index contributed by atoms with van der Waals surface area (Å²) >= 11 is 4.33. The minimum Gasteiger partial charge on any atom is -0.478 e. The van der Waals surface area contributed by atoms with Gasteiger partial charge in [-0.25, -0.2) is 4.79 Å². The number of hydrogen-bond acceptors (Lipinski definition) is 3. The van der Waals surface area contributed by atoms with Gasteiger partial charge in [0.25, 0.3) is 0 Å². The molecule has 0 bridgehead atoms. The highest BCUT2D eigenvalue weighted by Gasteiger charge is 2.08. The summed E-state index contributed by atoms with van der Waals surface area (Å²) < 4.78 is 0. The summed E-state index contributed by atoms with van der Waals surface area (Å²) in [5.74, 6) is -0.949. The van der Waals surface area contributed by atoms with E-state index in [0.717, 1.165) is 16.0 Å². The molecule has 0 aliphatic heterocycles. The Balaban J connectivity index is 2.54. The summed E-state index contributed by atoms with van der Waals surface area (Å²) in [6.07, 6.45) is 0. The summed E-state index contributed by atoms with van der Waals surface area (Å²) in [5.41, 5.74) is 8.20. The fraction of sp³-hybridized carbons (Fsp3) is 0. The van der Waals surface area contributed by atoms with Crippen LogP contribution in [0.3, 0.4) is 0 Å². The van der Waals surface area contributed by atoms with E-state index in [1.165, 1.54) is 6.07 Å². The number of carboxylic acids is 1. The lowest BCUT2D eigenvalue weighted by Gasteiger charge is -2.07. The van der Waals surface area contributed by atoms with Crippen LogP contribution in [0, 0.1) is 0 Å². The first-order chi connectivity index (χ1) is 8.08. The first-order valence-electron chi connectivity index (χ1n) is 5.00. The first kappa shape index (κ1) is 11.5. The van der Waals surface area contributed by atoms with Gasteiger partial charge in [0, 0.05) is 10.6 Å². The Morgan fingerprint density at radius 1 is 1.12 bits per heavy atom. The van der Waals surface area contributed by atoms with Crippen LogP contribution in [-0.4, -0.2) is 11.1 Å². The molecule has 17 heavy (non-hydrogen) atoms. The highest BCUT2D eigenvalue weighted by molar-refractivity contribution is 7.80. The van der Waals surface area contributed by atoms with E-state index in [0.29, 0.717) is 5.69 Å². The standard InChI is InChI=1S/C13H11NO2S/c14-10-4-1-8(2-5-10)11-7-9(13(15)16)3-6-12(11)17/h1-7,17H,14H2,(H,15,16). The first-order valence-corrected chi connectivity index (χ1v) is 5.45. The van der Waals surface area contributed by atoms with Crippen LogP contribution in [-0.2, 0) is 0 Å². The zero-order chi connectivity index (χ0) is 12.4. The van der Waals surface area contributed by atoms with Gasteiger partial charge >= 0.3 is 5.97 Å². The van der Waals surface area contributed by atoms with Gasteiger partial charge in [0.2, 0.25) is 0 Å². The molecule has 0 unspecified atom stereocenters. The molecular formula is C13H11NO2S. The molecule has 2 rings (SSSR count). The van der Waals surface area contributed by atoms with E-state index in [9.17, 15) is 4.79 Å². The Kier molecular flexibility index (Phi) is 3.06. The summed E-state index contributed by atoms with van der Waals surface area (Å²) in [4.78, 5) is 11.6. The van der Waals surface area contributed by atoms with Gasteiger partial charge in [0.1, 0.15) is 0 Å². The molecule has 2 aromatic rings. The zero-order valence-electron chi connectivity index (χ0n) is 8.92. The monoisotopic (exact) mass is 245 g/mol. The summed E-state index contributed by atoms with van der Waals surface area (Å²) in [7, 11) is 0. The number of benzene rings is 2. The Morgan fingerprint density at radius 3 is 2.35 bits per heavy atom. The third-order valence-electron chi connectivity index (χ3n) is 2.47. The molecule has 0 amide bonds. The lowest BCUT2D eigenvalue weighted by Crippen LogP contribution is -1.96. The summed E-state index contributed by atoms with van der Waals surface area (Å²) in [5, 5.41) is 8.95.